The number of hydrogen-bond donors (Lipinski definition) is 0. The lowest BCUT2D eigenvalue weighted by Crippen LogP contribution is -2.35. The Hall–Kier alpha value is -3.61. The maximum atomic E-state index is 13.2. The van der Waals surface area contributed by atoms with Gasteiger partial charge in [0.15, 0.2) is 5.78 Å². The Kier molecular flexibility index (Phi) is 4.58. The lowest BCUT2D eigenvalue weighted by Gasteiger charge is -2.30. The third-order valence-electron chi connectivity index (χ3n) is 5.31. The van der Waals surface area contributed by atoms with Crippen LogP contribution >= 0.6 is 0 Å². The van der Waals surface area contributed by atoms with Gasteiger partial charge in [0.05, 0.1) is 17.2 Å². The summed E-state index contributed by atoms with van der Waals surface area (Å²) in [5.74, 6) is -2.03. The average molecular weight is 390 g/mol. The van der Waals surface area contributed by atoms with Crippen molar-refractivity contribution in [1.82, 2.24) is 0 Å². The number of nitro groups is 1. The van der Waals surface area contributed by atoms with Gasteiger partial charge in [-0.2, -0.15) is 0 Å². The van der Waals surface area contributed by atoms with E-state index in [1.165, 1.54) is 12.1 Å². The topological polar surface area (TPSA) is 98.9 Å². The molecule has 0 saturated heterocycles. The number of hydrogen-bond acceptors (Lipinski definition) is 6. The third kappa shape index (κ3) is 2.95. The molecule has 0 N–H and O–H groups in total. The summed E-state index contributed by atoms with van der Waals surface area (Å²) in [6, 6.07) is 13.2. The van der Waals surface area contributed by atoms with Crippen molar-refractivity contribution in [2.45, 2.75) is 19.8 Å². The number of allylic oxidation sites excluding steroid dienone is 1. The minimum Gasteiger partial charge on any atom is -0.465 e. The molecular formula is C22H18N2O5. The van der Waals surface area contributed by atoms with Crippen molar-refractivity contribution in [2.75, 3.05) is 6.61 Å². The molecule has 7 heteroatoms. The molecule has 0 radical (unpaired) electrons. The summed E-state index contributed by atoms with van der Waals surface area (Å²) in [5, 5.41) is 11.0. The van der Waals surface area contributed by atoms with Gasteiger partial charge in [0.2, 0.25) is 0 Å². The highest BCUT2D eigenvalue weighted by Crippen LogP contribution is 2.48. The maximum Gasteiger partial charge on any atom is 0.315 e. The summed E-state index contributed by atoms with van der Waals surface area (Å²) in [6.45, 7) is 3.67. The van der Waals surface area contributed by atoms with Gasteiger partial charge >= 0.3 is 5.97 Å². The van der Waals surface area contributed by atoms with Gasteiger partial charge in [-0.15, -0.1) is 0 Å². The van der Waals surface area contributed by atoms with Crippen LogP contribution in [-0.4, -0.2) is 29.0 Å². The number of aliphatic imine (C=N–C) groups is 1. The van der Waals surface area contributed by atoms with Crippen molar-refractivity contribution in [3.05, 3.63) is 80.9 Å². The molecule has 0 aromatic heterocycles. The number of carbonyl (C=O) groups excluding carboxylic acids is 2. The number of Topliss-reactive ketones (excluding diaryl/α,β-unsaturated/α-hetero) is 1. The third-order valence-corrected chi connectivity index (χ3v) is 5.31. The molecule has 1 aliphatic heterocycles. The van der Waals surface area contributed by atoms with E-state index in [0.717, 1.165) is 5.56 Å². The molecule has 1 aliphatic carbocycles. The average Bonchev–Trinajstić information content (AvgIpc) is 2.99. The number of rotatable bonds is 4. The Labute approximate surface area is 166 Å². The molecule has 0 fully saturated rings. The second kappa shape index (κ2) is 7.09. The van der Waals surface area contributed by atoms with Crippen LogP contribution in [-0.2, 0) is 9.53 Å². The van der Waals surface area contributed by atoms with Crippen molar-refractivity contribution < 1.29 is 19.2 Å². The predicted octanol–water partition coefficient (Wildman–Crippen LogP) is 3.94. The van der Waals surface area contributed by atoms with E-state index in [2.05, 4.69) is 4.99 Å². The van der Waals surface area contributed by atoms with Crippen molar-refractivity contribution in [3.8, 4) is 0 Å². The second-order valence-corrected chi connectivity index (χ2v) is 6.95. The van der Waals surface area contributed by atoms with E-state index in [9.17, 15) is 19.7 Å². The zero-order chi connectivity index (χ0) is 20.7. The summed E-state index contributed by atoms with van der Waals surface area (Å²) >= 11 is 0. The number of nitro benzene ring substituents is 1. The number of fused-ring (bicyclic) bond motifs is 2. The van der Waals surface area contributed by atoms with Crippen LogP contribution in [0.15, 0.2) is 59.1 Å². The summed E-state index contributed by atoms with van der Waals surface area (Å²) in [5.41, 5.74) is 3.41. The van der Waals surface area contributed by atoms with Gasteiger partial charge in [-0.05, 0) is 19.4 Å². The van der Waals surface area contributed by atoms with E-state index in [4.69, 9.17) is 4.74 Å². The molecule has 1 unspecified atom stereocenters. The SMILES string of the molecule is CCOC(=O)C1C(C)=NC2=C(C(=O)c3ccccc32)[C@H]1c1ccc([N+](=O)[O-])cc1. The second-order valence-electron chi connectivity index (χ2n) is 6.95. The number of esters is 1. The maximum absolute atomic E-state index is 13.2. The lowest BCUT2D eigenvalue weighted by atomic mass is 9.75. The van der Waals surface area contributed by atoms with Gasteiger partial charge in [0, 0.05) is 40.5 Å². The largest absolute Gasteiger partial charge is 0.465 e. The lowest BCUT2D eigenvalue weighted by molar-refractivity contribution is -0.384. The molecule has 0 spiro atoms. The highest BCUT2D eigenvalue weighted by atomic mass is 16.6. The van der Waals surface area contributed by atoms with Gasteiger partial charge in [-0.3, -0.25) is 24.7 Å². The first-order valence-corrected chi connectivity index (χ1v) is 9.28. The summed E-state index contributed by atoms with van der Waals surface area (Å²) in [4.78, 5) is 41.2. The molecule has 0 saturated carbocycles. The minimum absolute atomic E-state index is 0.0575. The Balaban J connectivity index is 1.90. The normalized spacial score (nSPS) is 20.1. The van der Waals surface area contributed by atoms with Crippen LogP contribution in [0.3, 0.4) is 0 Å². The zero-order valence-corrected chi connectivity index (χ0v) is 15.9. The van der Waals surface area contributed by atoms with E-state index in [0.29, 0.717) is 28.1 Å². The van der Waals surface area contributed by atoms with Crippen LogP contribution in [0.4, 0.5) is 5.69 Å². The van der Waals surface area contributed by atoms with E-state index >= 15 is 0 Å². The molecule has 29 heavy (non-hydrogen) atoms. The fourth-order valence-electron chi connectivity index (χ4n) is 4.05. The number of benzene rings is 2. The minimum atomic E-state index is -0.770. The number of non-ortho nitro benzene ring substituents is 1. The van der Waals surface area contributed by atoms with Crippen molar-refractivity contribution in [1.29, 1.82) is 0 Å². The molecule has 1 heterocycles. The quantitative estimate of drug-likeness (QED) is 0.447. The standard InChI is InChI=1S/C22H18N2O5/c1-3-29-22(26)17-12(2)23-20-15-6-4-5-7-16(15)21(25)19(20)18(17)13-8-10-14(11-9-13)24(27)28/h4-11,17-18H,3H2,1-2H3/t17?,18-/m0/s1. The molecule has 0 bridgehead atoms. The van der Waals surface area contributed by atoms with Crippen LogP contribution in [0.1, 0.15) is 41.3 Å². The highest BCUT2D eigenvalue weighted by molar-refractivity contribution is 6.24. The smallest absolute Gasteiger partial charge is 0.315 e. The fraction of sp³-hybridized carbons (Fsp3) is 0.227. The van der Waals surface area contributed by atoms with Gasteiger partial charge in [0.1, 0.15) is 5.92 Å². The summed E-state index contributed by atoms with van der Waals surface area (Å²) in [7, 11) is 0. The van der Waals surface area contributed by atoms with E-state index in [-0.39, 0.29) is 18.1 Å². The Morgan fingerprint density at radius 3 is 2.41 bits per heavy atom. The molecule has 146 valence electrons. The number of ketones is 1. The molecule has 2 aromatic carbocycles. The van der Waals surface area contributed by atoms with Gasteiger partial charge in [-0.25, -0.2) is 0 Å². The molecular weight excluding hydrogens is 372 g/mol. The molecule has 2 aliphatic rings. The zero-order valence-electron chi connectivity index (χ0n) is 15.9. The first-order chi connectivity index (χ1) is 13.9. The van der Waals surface area contributed by atoms with Crippen LogP contribution < -0.4 is 0 Å². The van der Waals surface area contributed by atoms with Crippen LogP contribution in [0.5, 0.6) is 0 Å². The predicted molar refractivity (Wildman–Crippen MR) is 107 cm³/mol. The Morgan fingerprint density at radius 2 is 1.79 bits per heavy atom. The Morgan fingerprint density at radius 1 is 1.14 bits per heavy atom. The molecule has 0 amide bonds. The van der Waals surface area contributed by atoms with E-state index in [1.54, 1.807) is 38.1 Å². The van der Waals surface area contributed by atoms with Crippen molar-refractivity contribution in [2.24, 2.45) is 10.9 Å². The van der Waals surface area contributed by atoms with Crippen LogP contribution in [0.25, 0.3) is 5.70 Å². The van der Waals surface area contributed by atoms with Crippen molar-refractivity contribution >= 4 is 28.8 Å². The van der Waals surface area contributed by atoms with Crippen LogP contribution in [0.2, 0.25) is 0 Å². The van der Waals surface area contributed by atoms with E-state index < -0.39 is 22.7 Å². The van der Waals surface area contributed by atoms with E-state index in [1.807, 2.05) is 12.1 Å². The number of nitrogens with zero attached hydrogens (tertiary/aromatic N) is 2. The highest BCUT2D eigenvalue weighted by Gasteiger charge is 2.46. The molecule has 2 atom stereocenters. The molecule has 7 nitrogen and oxygen atoms in total. The van der Waals surface area contributed by atoms with Gasteiger partial charge in [-0.1, -0.05) is 36.4 Å². The fourth-order valence-corrected chi connectivity index (χ4v) is 4.05. The number of carbonyl (C=O) groups is 2. The number of ether oxygens (including phenoxy) is 1. The molecule has 4 rings (SSSR count). The first kappa shape index (κ1) is 18.7. The van der Waals surface area contributed by atoms with Crippen LogP contribution in [0, 0.1) is 16.0 Å². The van der Waals surface area contributed by atoms with Crippen molar-refractivity contribution in [3.63, 3.8) is 0 Å². The summed E-state index contributed by atoms with van der Waals surface area (Å²) in [6.07, 6.45) is 0. The van der Waals surface area contributed by atoms with Gasteiger partial charge < -0.3 is 4.74 Å². The summed E-state index contributed by atoms with van der Waals surface area (Å²) < 4.78 is 5.26. The Bertz CT molecular complexity index is 1100. The molecule has 2 aromatic rings. The first-order valence-electron chi connectivity index (χ1n) is 9.28. The monoisotopic (exact) mass is 390 g/mol. The van der Waals surface area contributed by atoms with Gasteiger partial charge in [0.25, 0.3) is 5.69 Å².